The van der Waals surface area contributed by atoms with Crippen molar-refractivity contribution >= 4 is 22.8 Å². The molecule has 31 heavy (non-hydrogen) atoms. The van der Waals surface area contributed by atoms with Crippen LogP contribution < -0.4 is 4.74 Å². The van der Waals surface area contributed by atoms with Gasteiger partial charge in [-0.2, -0.15) is 5.26 Å². The number of aromatic nitrogens is 1. The highest BCUT2D eigenvalue weighted by atomic mass is 16.5. The third kappa shape index (κ3) is 5.86. The fourth-order valence-electron chi connectivity index (χ4n) is 3.75. The van der Waals surface area contributed by atoms with Crippen LogP contribution in [-0.4, -0.2) is 17.4 Å². The number of rotatable bonds is 11. The number of nitriles is 1. The fourth-order valence-corrected chi connectivity index (χ4v) is 3.75. The average molecular weight is 415 g/mol. The maximum atomic E-state index is 13.1. The van der Waals surface area contributed by atoms with Crippen LogP contribution in [0, 0.1) is 18.3 Å². The summed E-state index contributed by atoms with van der Waals surface area (Å²) < 4.78 is 5.81. The Balaban J connectivity index is 1.64. The lowest BCUT2D eigenvalue weighted by Crippen LogP contribution is -2.03. The van der Waals surface area contributed by atoms with Gasteiger partial charge in [-0.3, -0.25) is 4.79 Å². The van der Waals surface area contributed by atoms with Crippen LogP contribution in [-0.2, 0) is 0 Å². The topological polar surface area (TPSA) is 65.9 Å². The van der Waals surface area contributed by atoms with Gasteiger partial charge in [-0.05, 0) is 43.2 Å². The Bertz CT molecular complexity index is 1080. The monoisotopic (exact) mass is 414 g/mol. The van der Waals surface area contributed by atoms with E-state index in [0.29, 0.717) is 12.2 Å². The zero-order valence-electron chi connectivity index (χ0n) is 18.4. The molecule has 0 saturated heterocycles. The van der Waals surface area contributed by atoms with Crippen molar-refractivity contribution in [3.05, 3.63) is 70.9 Å². The van der Waals surface area contributed by atoms with Gasteiger partial charge in [-0.15, -0.1) is 0 Å². The lowest BCUT2D eigenvalue weighted by Gasteiger charge is -2.06. The Morgan fingerprint density at radius 2 is 1.74 bits per heavy atom. The SMILES string of the molecule is CCCCCCCCOc1ccc(/C=C(\C#N)C(=O)c2c(C)[nH]c3ccccc23)cc1. The lowest BCUT2D eigenvalue weighted by atomic mass is 9.99. The standard InChI is InChI=1S/C27H30N2O2/c1-3-4-5-6-7-10-17-31-23-15-13-21(14-16-23)18-22(19-28)27(30)26-20(2)29-25-12-9-8-11-24(25)26/h8-9,11-16,18,29H,3-7,10,17H2,1-2H3/b22-18+. The summed E-state index contributed by atoms with van der Waals surface area (Å²) in [7, 11) is 0. The number of fused-ring (bicyclic) bond motifs is 1. The maximum Gasteiger partial charge on any atom is 0.205 e. The van der Waals surface area contributed by atoms with Crippen molar-refractivity contribution in [1.82, 2.24) is 4.98 Å². The first-order chi connectivity index (χ1) is 15.1. The van der Waals surface area contributed by atoms with Crippen molar-refractivity contribution in [3.8, 4) is 11.8 Å². The Morgan fingerprint density at radius 1 is 1.03 bits per heavy atom. The van der Waals surface area contributed by atoms with Crippen molar-refractivity contribution in [2.45, 2.75) is 52.4 Å². The molecule has 1 heterocycles. The minimum atomic E-state index is -0.263. The summed E-state index contributed by atoms with van der Waals surface area (Å²) in [4.78, 5) is 16.3. The number of H-pyrrole nitrogens is 1. The normalized spacial score (nSPS) is 11.5. The maximum absolute atomic E-state index is 13.1. The molecule has 0 aliphatic rings. The quantitative estimate of drug-likeness (QED) is 0.159. The number of ketones is 1. The highest BCUT2D eigenvalue weighted by Gasteiger charge is 2.19. The number of hydrogen-bond acceptors (Lipinski definition) is 3. The third-order valence-corrected chi connectivity index (χ3v) is 5.44. The second kappa shape index (κ2) is 11.2. The number of para-hydroxylation sites is 1. The van der Waals surface area contributed by atoms with Crippen molar-refractivity contribution in [3.63, 3.8) is 0 Å². The molecule has 3 aromatic rings. The number of unbranched alkanes of at least 4 members (excludes halogenated alkanes) is 5. The molecule has 0 aliphatic carbocycles. The van der Waals surface area contributed by atoms with E-state index < -0.39 is 0 Å². The minimum Gasteiger partial charge on any atom is -0.494 e. The minimum absolute atomic E-state index is 0.119. The van der Waals surface area contributed by atoms with E-state index in [1.54, 1.807) is 6.08 Å². The summed E-state index contributed by atoms with van der Waals surface area (Å²) in [5.74, 6) is 0.545. The highest BCUT2D eigenvalue weighted by molar-refractivity contribution is 6.20. The van der Waals surface area contributed by atoms with Gasteiger partial charge in [-0.25, -0.2) is 0 Å². The van der Waals surface area contributed by atoms with E-state index in [2.05, 4.69) is 18.0 Å². The van der Waals surface area contributed by atoms with Crippen molar-refractivity contribution in [2.24, 2.45) is 0 Å². The molecule has 0 bridgehead atoms. The number of Topliss-reactive ketones (excluding diaryl/α,β-unsaturated/α-hetero) is 1. The van der Waals surface area contributed by atoms with E-state index in [-0.39, 0.29) is 11.4 Å². The predicted molar refractivity (Wildman–Crippen MR) is 126 cm³/mol. The zero-order valence-corrected chi connectivity index (χ0v) is 18.4. The van der Waals surface area contributed by atoms with Gasteiger partial charge in [0.2, 0.25) is 5.78 Å². The lowest BCUT2D eigenvalue weighted by molar-refractivity contribution is 0.104. The van der Waals surface area contributed by atoms with Crippen LogP contribution >= 0.6 is 0 Å². The average Bonchev–Trinajstić information content (AvgIpc) is 3.13. The number of ether oxygens (including phenoxy) is 1. The largest absolute Gasteiger partial charge is 0.494 e. The Hall–Kier alpha value is -3.32. The van der Waals surface area contributed by atoms with E-state index >= 15 is 0 Å². The zero-order chi connectivity index (χ0) is 22.1. The second-order valence-corrected chi connectivity index (χ2v) is 7.85. The van der Waals surface area contributed by atoms with Gasteiger partial charge in [0.25, 0.3) is 0 Å². The number of aromatic amines is 1. The summed E-state index contributed by atoms with van der Waals surface area (Å²) in [6, 6.07) is 17.3. The van der Waals surface area contributed by atoms with Gasteiger partial charge in [0.1, 0.15) is 17.4 Å². The van der Waals surface area contributed by atoms with Gasteiger partial charge < -0.3 is 9.72 Å². The summed E-state index contributed by atoms with van der Waals surface area (Å²) in [6.45, 7) is 4.79. The molecule has 0 radical (unpaired) electrons. The molecular weight excluding hydrogens is 384 g/mol. The van der Waals surface area contributed by atoms with Gasteiger partial charge >= 0.3 is 0 Å². The molecule has 0 atom stereocenters. The van der Waals surface area contributed by atoms with Crippen molar-refractivity contribution in [1.29, 1.82) is 5.26 Å². The summed E-state index contributed by atoms with van der Waals surface area (Å²) in [5, 5.41) is 10.5. The van der Waals surface area contributed by atoms with Gasteiger partial charge in [-0.1, -0.05) is 69.4 Å². The van der Waals surface area contributed by atoms with E-state index in [9.17, 15) is 10.1 Å². The highest BCUT2D eigenvalue weighted by Crippen LogP contribution is 2.25. The Morgan fingerprint density at radius 3 is 2.48 bits per heavy atom. The molecule has 0 fully saturated rings. The molecule has 4 heteroatoms. The van der Waals surface area contributed by atoms with Gasteiger partial charge in [0.05, 0.1) is 12.2 Å². The number of allylic oxidation sites excluding steroid dienone is 1. The molecule has 4 nitrogen and oxygen atoms in total. The Labute approximate surface area is 184 Å². The molecule has 0 amide bonds. The van der Waals surface area contributed by atoms with E-state index in [1.807, 2.05) is 55.5 Å². The van der Waals surface area contributed by atoms with E-state index in [4.69, 9.17) is 4.74 Å². The van der Waals surface area contributed by atoms with Crippen LogP contribution in [0.3, 0.4) is 0 Å². The molecule has 0 aliphatic heterocycles. The molecule has 0 saturated carbocycles. The third-order valence-electron chi connectivity index (χ3n) is 5.44. The number of benzene rings is 2. The Kier molecular flexibility index (Phi) is 8.06. The van der Waals surface area contributed by atoms with Crippen LogP contribution in [0.15, 0.2) is 54.1 Å². The molecular formula is C27H30N2O2. The molecule has 1 aromatic heterocycles. The first-order valence-corrected chi connectivity index (χ1v) is 11.1. The first kappa shape index (κ1) is 22.4. The number of aryl methyl sites for hydroxylation is 1. The number of carbonyl (C=O) groups is 1. The second-order valence-electron chi connectivity index (χ2n) is 7.85. The van der Waals surface area contributed by atoms with Crippen LogP contribution in [0.1, 0.15) is 67.1 Å². The molecule has 0 spiro atoms. The number of hydrogen-bond donors (Lipinski definition) is 1. The summed E-state index contributed by atoms with van der Waals surface area (Å²) in [5.41, 5.74) is 3.14. The summed E-state index contributed by atoms with van der Waals surface area (Å²) in [6.07, 6.45) is 9.03. The fraction of sp³-hybridized carbons (Fsp3) is 0.333. The van der Waals surface area contributed by atoms with Crippen LogP contribution in [0.4, 0.5) is 0 Å². The van der Waals surface area contributed by atoms with Crippen molar-refractivity contribution in [2.75, 3.05) is 6.61 Å². The summed E-state index contributed by atoms with van der Waals surface area (Å²) >= 11 is 0. The number of nitrogens with zero attached hydrogens (tertiary/aromatic N) is 1. The molecule has 3 rings (SSSR count). The smallest absolute Gasteiger partial charge is 0.205 e. The molecule has 0 unspecified atom stereocenters. The van der Waals surface area contributed by atoms with Gasteiger partial charge in [0, 0.05) is 16.6 Å². The van der Waals surface area contributed by atoms with Crippen molar-refractivity contribution < 1.29 is 9.53 Å². The predicted octanol–water partition coefficient (Wildman–Crippen LogP) is 7.01. The number of carbonyl (C=O) groups excluding carboxylic acids is 1. The van der Waals surface area contributed by atoms with Crippen LogP contribution in [0.25, 0.3) is 17.0 Å². The molecule has 2 aromatic carbocycles. The van der Waals surface area contributed by atoms with E-state index in [0.717, 1.165) is 34.3 Å². The van der Waals surface area contributed by atoms with Gasteiger partial charge in [0.15, 0.2) is 0 Å². The van der Waals surface area contributed by atoms with E-state index in [1.165, 1.54) is 32.1 Å². The number of nitrogens with one attached hydrogen (secondary N) is 1. The first-order valence-electron chi connectivity index (χ1n) is 11.1. The van der Waals surface area contributed by atoms with Crippen LogP contribution in [0.2, 0.25) is 0 Å². The van der Waals surface area contributed by atoms with Crippen LogP contribution in [0.5, 0.6) is 5.75 Å². The molecule has 160 valence electrons. The molecule has 1 N–H and O–H groups in total.